The average Bonchev–Trinajstić information content (AvgIpc) is 2.49. The first-order chi connectivity index (χ1) is 9.81. The minimum Gasteiger partial charge on any atom is -0.0984 e. The minimum atomic E-state index is 1.05. The van der Waals surface area contributed by atoms with Gasteiger partial charge in [0.1, 0.15) is 0 Å². The van der Waals surface area contributed by atoms with Crippen LogP contribution in [0.4, 0.5) is 0 Å². The molecule has 0 heterocycles. The first-order valence-corrected chi connectivity index (χ1v) is 7.07. The largest absolute Gasteiger partial charge is 0.0984 e. The summed E-state index contributed by atoms with van der Waals surface area (Å²) >= 11 is 0. The van der Waals surface area contributed by atoms with E-state index in [2.05, 4.69) is 74.2 Å². The lowest BCUT2D eigenvalue weighted by atomic mass is 9.97. The van der Waals surface area contributed by atoms with Gasteiger partial charge in [0.15, 0.2) is 0 Å². The molecule has 0 unspecified atom stereocenters. The molecule has 20 heavy (non-hydrogen) atoms. The van der Waals surface area contributed by atoms with E-state index in [0.717, 1.165) is 6.42 Å². The van der Waals surface area contributed by atoms with Gasteiger partial charge < -0.3 is 0 Å². The van der Waals surface area contributed by atoms with Crippen LogP contribution in [0.1, 0.15) is 24.5 Å². The van der Waals surface area contributed by atoms with Crippen molar-refractivity contribution in [1.82, 2.24) is 0 Å². The van der Waals surface area contributed by atoms with Gasteiger partial charge >= 0.3 is 0 Å². The molecule has 0 atom stereocenters. The number of hydrogen-bond donors (Lipinski definition) is 0. The van der Waals surface area contributed by atoms with Gasteiger partial charge in [-0.3, -0.25) is 0 Å². The number of allylic oxidation sites excluding steroid dienone is 1. The second kappa shape index (κ2) is 5.34. The summed E-state index contributed by atoms with van der Waals surface area (Å²) in [7, 11) is 0. The maximum absolute atomic E-state index is 3.93. The van der Waals surface area contributed by atoms with Crippen LogP contribution in [0.3, 0.4) is 0 Å². The van der Waals surface area contributed by atoms with Crippen molar-refractivity contribution in [1.29, 1.82) is 0 Å². The fourth-order valence-electron chi connectivity index (χ4n) is 2.59. The van der Waals surface area contributed by atoms with E-state index in [9.17, 15) is 0 Å². The van der Waals surface area contributed by atoms with Crippen LogP contribution in [0.25, 0.3) is 33.7 Å². The van der Waals surface area contributed by atoms with Crippen molar-refractivity contribution in [2.75, 3.05) is 0 Å². The molecule has 0 aliphatic carbocycles. The van der Waals surface area contributed by atoms with Crippen molar-refractivity contribution in [2.24, 2.45) is 0 Å². The average molecular weight is 258 g/mol. The second-order valence-corrected chi connectivity index (χ2v) is 5.04. The molecule has 0 radical (unpaired) electrons. The Morgan fingerprint density at radius 1 is 0.850 bits per heavy atom. The standard InChI is InChI=1S/C20H18/c1-3-5-8-16-12-20-14-18-10-7-6-9-17(18)13-19(20)11-15(16)4-2/h4-14H,2-3H2,1H3/b8-5-. The number of hydrogen-bond acceptors (Lipinski definition) is 0. The van der Waals surface area contributed by atoms with Crippen LogP contribution in [0.15, 0.2) is 61.2 Å². The van der Waals surface area contributed by atoms with Crippen LogP contribution < -0.4 is 0 Å². The van der Waals surface area contributed by atoms with E-state index >= 15 is 0 Å². The third-order valence-electron chi connectivity index (χ3n) is 3.66. The highest BCUT2D eigenvalue weighted by Gasteiger charge is 2.02. The monoisotopic (exact) mass is 258 g/mol. The molecule has 0 aliphatic rings. The van der Waals surface area contributed by atoms with Crippen LogP contribution in [0.5, 0.6) is 0 Å². The summed E-state index contributed by atoms with van der Waals surface area (Å²) in [5.74, 6) is 0. The fourth-order valence-corrected chi connectivity index (χ4v) is 2.59. The topological polar surface area (TPSA) is 0 Å². The Hall–Kier alpha value is -2.34. The van der Waals surface area contributed by atoms with Gasteiger partial charge in [0.05, 0.1) is 0 Å². The zero-order valence-corrected chi connectivity index (χ0v) is 11.8. The van der Waals surface area contributed by atoms with Gasteiger partial charge in [-0.1, -0.05) is 56.0 Å². The summed E-state index contributed by atoms with van der Waals surface area (Å²) in [6.45, 7) is 6.09. The SMILES string of the molecule is C=Cc1cc2cc3ccccc3cc2cc1/C=C\CC. The summed E-state index contributed by atoms with van der Waals surface area (Å²) in [5.41, 5.74) is 2.43. The molecule has 3 rings (SSSR count). The van der Waals surface area contributed by atoms with E-state index < -0.39 is 0 Å². The summed E-state index contributed by atoms with van der Waals surface area (Å²) in [6.07, 6.45) is 7.36. The Morgan fingerprint density at radius 3 is 2.00 bits per heavy atom. The van der Waals surface area contributed by atoms with Crippen LogP contribution in [0, 0.1) is 0 Å². The third kappa shape index (κ3) is 2.25. The summed E-state index contributed by atoms with van der Waals surface area (Å²) in [4.78, 5) is 0. The van der Waals surface area contributed by atoms with E-state index in [1.54, 1.807) is 0 Å². The normalized spacial score (nSPS) is 11.4. The highest BCUT2D eigenvalue weighted by Crippen LogP contribution is 2.27. The first-order valence-electron chi connectivity index (χ1n) is 7.07. The third-order valence-corrected chi connectivity index (χ3v) is 3.66. The Labute approximate surface area is 120 Å². The second-order valence-electron chi connectivity index (χ2n) is 5.04. The van der Waals surface area contributed by atoms with Gasteiger partial charge in [-0.2, -0.15) is 0 Å². The van der Waals surface area contributed by atoms with Crippen LogP contribution in [0.2, 0.25) is 0 Å². The van der Waals surface area contributed by atoms with Crippen LogP contribution in [-0.4, -0.2) is 0 Å². The van der Waals surface area contributed by atoms with Gasteiger partial charge in [0.2, 0.25) is 0 Å². The highest BCUT2D eigenvalue weighted by atomic mass is 14.1. The molecular weight excluding hydrogens is 240 g/mol. The maximum Gasteiger partial charge on any atom is -0.0171 e. The van der Waals surface area contributed by atoms with Gasteiger partial charge in [-0.25, -0.2) is 0 Å². The quantitative estimate of drug-likeness (QED) is 0.501. The molecule has 0 spiro atoms. The van der Waals surface area contributed by atoms with E-state index in [1.807, 2.05) is 6.08 Å². The molecule has 3 aromatic carbocycles. The Bertz CT molecular complexity index is 807. The Balaban J connectivity index is 2.29. The van der Waals surface area contributed by atoms with E-state index in [0.29, 0.717) is 0 Å². The predicted molar refractivity (Wildman–Crippen MR) is 90.9 cm³/mol. The fraction of sp³-hybridized carbons (Fsp3) is 0.100. The van der Waals surface area contributed by atoms with Gasteiger partial charge in [-0.05, 0) is 63.4 Å². The molecule has 0 aliphatic heterocycles. The Morgan fingerprint density at radius 2 is 1.45 bits per heavy atom. The molecular formula is C20H18. The van der Waals surface area contributed by atoms with E-state index in [1.165, 1.54) is 32.7 Å². The number of fused-ring (bicyclic) bond motifs is 2. The predicted octanol–water partition coefficient (Wildman–Crippen LogP) is 6.06. The molecule has 98 valence electrons. The van der Waals surface area contributed by atoms with Gasteiger partial charge in [-0.15, -0.1) is 0 Å². The zero-order chi connectivity index (χ0) is 13.9. The molecule has 3 aromatic rings. The minimum absolute atomic E-state index is 1.05. The molecule has 0 heteroatoms. The lowest BCUT2D eigenvalue weighted by Gasteiger charge is -2.07. The Kier molecular flexibility index (Phi) is 3.39. The van der Waals surface area contributed by atoms with Gasteiger partial charge in [0, 0.05) is 0 Å². The molecule has 0 bridgehead atoms. The maximum atomic E-state index is 3.93. The van der Waals surface area contributed by atoms with E-state index in [-0.39, 0.29) is 0 Å². The molecule has 0 saturated carbocycles. The summed E-state index contributed by atoms with van der Waals surface area (Å²) < 4.78 is 0. The molecule has 0 N–H and O–H groups in total. The number of rotatable bonds is 3. The van der Waals surface area contributed by atoms with Gasteiger partial charge in [0.25, 0.3) is 0 Å². The zero-order valence-electron chi connectivity index (χ0n) is 11.8. The smallest absolute Gasteiger partial charge is 0.0171 e. The molecule has 0 aromatic heterocycles. The van der Waals surface area contributed by atoms with Crippen molar-refractivity contribution < 1.29 is 0 Å². The highest BCUT2D eigenvalue weighted by molar-refractivity contribution is 6.00. The van der Waals surface area contributed by atoms with Crippen LogP contribution >= 0.6 is 0 Å². The van der Waals surface area contributed by atoms with Crippen molar-refractivity contribution in [3.05, 3.63) is 72.3 Å². The van der Waals surface area contributed by atoms with E-state index in [4.69, 9.17) is 0 Å². The van der Waals surface area contributed by atoms with Crippen molar-refractivity contribution in [2.45, 2.75) is 13.3 Å². The number of benzene rings is 3. The molecule has 0 nitrogen and oxygen atoms in total. The molecule has 0 saturated heterocycles. The summed E-state index contributed by atoms with van der Waals surface area (Å²) in [6, 6.07) is 17.5. The molecule has 0 amide bonds. The van der Waals surface area contributed by atoms with Crippen molar-refractivity contribution >= 4 is 33.7 Å². The van der Waals surface area contributed by atoms with Crippen LogP contribution in [-0.2, 0) is 0 Å². The first kappa shape index (κ1) is 12.7. The van der Waals surface area contributed by atoms with Crippen molar-refractivity contribution in [3.8, 4) is 0 Å². The van der Waals surface area contributed by atoms with Crippen molar-refractivity contribution in [3.63, 3.8) is 0 Å². The lowest BCUT2D eigenvalue weighted by molar-refractivity contribution is 1.23. The molecule has 0 fully saturated rings. The lowest BCUT2D eigenvalue weighted by Crippen LogP contribution is -1.83. The summed E-state index contributed by atoms with van der Waals surface area (Å²) in [5, 5.41) is 5.13.